The minimum absolute atomic E-state index is 0.361. The molecule has 2 N–H and O–H groups in total. The molecule has 0 spiro atoms. The van der Waals surface area contributed by atoms with Gasteiger partial charge in [0.1, 0.15) is 5.82 Å². The van der Waals surface area contributed by atoms with Crippen LogP contribution in [0.4, 0.5) is 20.6 Å². The lowest BCUT2D eigenvalue weighted by molar-refractivity contribution is 0.262. The van der Waals surface area contributed by atoms with Crippen LogP contribution in [0.2, 0.25) is 5.02 Å². The Morgan fingerprint density at radius 2 is 1.79 bits per heavy atom. The van der Waals surface area contributed by atoms with Gasteiger partial charge in [-0.1, -0.05) is 23.7 Å². The van der Waals surface area contributed by atoms with Crippen LogP contribution >= 0.6 is 11.6 Å². The lowest BCUT2D eigenvalue weighted by atomic mass is 10.2. The van der Waals surface area contributed by atoms with Crippen LogP contribution in [0.25, 0.3) is 0 Å². The second kappa shape index (κ2) is 5.71. The Hall–Kier alpha value is -2.07. The predicted molar refractivity (Wildman–Crippen MR) is 75.2 cm³/mol. The van der Waals surface area contributed by atoms with Crippen LogP contribution < -0.4 is 10.6 Å². The quantitative estimate of drug-likeness (QED) is 0.838. The van der Waals surface area contributed by atoms with E-state index in [2.05, 4.69) is 10.6 Å². The maximum absolute atomic E-state index is 13.3. The molecule has 0 fully saturated rings. The van der Waals surface area contributed by atoms with Crippen LogP contribution in [0.1, 0.15) is 5.56 Å². The number of hydrogen-bond acceptors (Lipinski definition) is 1. The van der Waals surface area contributed by atoms with Crippen LogP contribution in [-0.2, 0) is 0 Å². The molecule has 0 atom stereocenters. The van der Waals surface area contributed by atoms with Crippen molar-refractivity contribution in [3.8, 4) is 0 Å². The van der Waals surface area contributed by atoms with E-state index >= 15 is 0 Å². The number of carbonyl (C=O) groups is 1. The molecule has 3 nitrogen and oxygen atoms in total. The average Bonchev–Trinajstić information content (AvgIpc) is 2.34. The topological polar surface area (TPSA) is 41.1 Å². The molecular formula is C14H12ClFN2O. The van der Waals surface area contributed by atoms with Crippen molar-refractivity contribution in [3.05, 3.63) is 58.9 Å². The molecular weight excluding hydrogens is 267 g/mol. The number of carbonyl (C=O) groups excluding carboxylic acids is 1. The summed E-state index contributed by atoms with van der Waals surface area (Å²) in [6.45, 7) is 1.66. The van der Waals surface area contributed by atoms with Crippen molar-refractivity contribution in [3.63, 3.8) is 0 Å². The third kappa shape index (κ3) is 3.69. The number of nitrogens with one attached hydrogen (secondary N) is 2. The second-order valence-corrected chi connectivity index (χ2v) is 4.49. The van der Waals surface area contributed by atoms with Gasteiger partial charge in [0.05, 0.1) is 0 Å². The van der Waals surface area contributed by atoms with Crippen molar-refractivity contribution in [2.75, 3.05) is 10.6 Å². The number of halogens is 2. The lowest BCUT2D eigenvalue weighted by Crippen LogP contribution is -2.19. The van der Waals surface area contributed by atoms with Gasteiger partial charge in [-0.05, 0) is 42.8 Å². The predicted octanol–water partition coefficient (Wildman–Crippen LogP) is 4.43. The molecule has 0 saturated carbocycles. The highest BCUT2D eigenvalue weighted by atomic mass is 35.5. The molecule has 19 heavy (non-hydrogen) atoms. The number of urea groups is 1. The summed E-state index contributed by atoms with van der Waals surface area (Å²) in [6.07, 6.45) is 0. The van der Waals surface area contributed by atoms with Crippen LogP contribution in [-0.4, -0.2) is 6.03 Å². The molecule has 98 valence electrons. The number of hydrogen-bond donors (Lipinski definition) is 2. The highest BCUT2D eigenvalue weighted by Crippen LogP contribution is 2.16. The molecule has 0 unspecified atom stereocenters. The molecule has 2 aromatic rings. The number of benzene rings is 2. The van der Waals surface area contributed by atoms with Crippen molar-refractivity contribution >= 4 is 29.0 Å². The van der Waals surface area contributed by atoms with Crippen LogP contribution in [0.15, 0.2) is 42.5 Å². The Morgan fingerprint density at radius 1 is 1.11 bits per heavy atom. The second-order valence-electron chi connectivity index (χ2n) is 4.05. The summed E-state index contributed by atoms with van der Waals surface area (Å²) in [6, 6.07) is 10.8. The van der Waals surface area contributed by atoms with Crippen molar-refractivity contribution in [1.82, 2.24) is 0 Å². The van der Waals surface area contributed by atoms with Crippen LogP contribution in [0.5, 0.6) is 0 Å². The average molecular weight is 279 g/mol. The fourth-order valence-electron chi connectivity index (χ4n) is 1.53. The summed E-state index contributed by atoms with van der Waals surface area (Å²) in [5.74, 6) is -0.361. The fourth-order valence-corrected chi connectivity index (χ4v) is 1.72. The lowest BCUT2D eigenvalue weighted by Gasteiger charge is -2.08. The molecule has 5 heteroatoms. The Morgan fingerprint density at radius 3 is 2.42 bits per heavy atom. The van der Waals surface area contributed by atoms with Gasteiger partial charge in [-0.3, -0.25) is 0 Å². The molecule has 0 aliphatic rings. The standard InChI is InChI=1S/C14H12ClFN2O/c1-9-5-6-12(8-13(9)16)18-14(19)17-11-4-2-3-10(15)7-11/h2-8H,1H3,(H2,17,18,19). The zero-order valence-electron chi connectivity index (χ0n) is 10.2. The van der Waals surface area contributed by atoms with E-state index in [0.29, 0.717) is 22.0 Å². The molecule has 0 aromatic heterocycles. The van der Waals surface area contributed by atoms with Gasteiger partial charge in [0, 0.05) is 16.4 Å². The summed E-state index contributed by atoms with van der Waals surface area (Å²) in [4.78, 5) is 11.7. The molecule has 2 rings (SSSR count). The number of aryl methyl sites for hydroxylation is 1. The van der Waals surface area contributed by atoms with E-state index in [1.807, 2.05) is 0 Å². The summed E-state index contributed by atoms with van der Waals surface area (Å²) >= 11 is 5.81. The van der Waals surface area contributed by atoms with Gasteiger partial charge in [-0.15, -0.1) is 0 Å². The summed E-state index contributed by atoms with van der Waals surface area (Å²) in [7, 11) is 0. The van der Waals surface area contributed by atoms with Gasteiger partial charge in [-0.25, -0.2) is 9.18 Å². The smallest absolute Gasteiger partial charge is 0.308 e. The number of amides is 2. The molecule has 0 aliphatic heterocycles. The highest BCUT2D eigenvalue weighted by Gasteiger charge is 2.05. The molecule has 0 heterocycles. The summed E-state index contributed by atoms with van der Waals surface area (Å²) in [5.41, 5.74) is 1.49. The molecule has 0 saturated heterocycles. The van der Waals surface area contributed by atoms with E-state index in [-0.39, 0.29) is 5.82 Å². The maximum atomic E-state index is 13.3. The highest BCUT2D eigenvalue weighted by molar-refractivity contribution is 6.30. The van der Waals surface area contributed by atoms with E-state index in [0.717, 1.165) is 0 Å². The minimum atomic E-state index is -0.453. The molecule has 2 amide bonds. The first-order valence-corrected chi connectivity index (χ1v) is 6.02. The van der Waals surface area contributed by atoms with Crippen molar-refractivity contribution in [2.24, 2.45) is 0 Å². The van der Waals surface area contributed by atoms with Gasteiger partial charge in [0.25, 0.3) is 0 Å². The molecule has 0 bridgehead atoms. The zero-order valence-corrected chi connectivity index (χ0v) is 11.0. The van der Waals surface area contributed by atoms with E-state index < -0.39 is 6.03 Å². The van der Waals surface area contributed by atoms with Crippen molar-refractivity contribution in [1.29, 1.82) is 0 Å². The molecule has 0 radical (unpaired) electrons. The monoisotopic (exact) mass is 278 g/mol. The van der Waals surface area contributed by atoms with Gasteiger partial charge >= 0.3 is 6.03 Å². The Balaban J connectivity index is 2.03. The summed E-state index contributed by atoms with van der Waals surface area (Å²) < 4.78 is 13.3. The van der Waals surface area contributed by atoms with E-state index in [9.17, 15) is 9.18 Å². The summed E-state index contributed by atoms with van der Waals surface area (Å²) in [5, 5.41) is 5.68. The third-order valence-electron chi connectivity index (χ3n) is 2.51. The Labute approximate surface area is 115 Å². The number of rotatable bonds is 2. The van der Waals surface area contributed by atoms with Crippen LogP contribution in [0.3, 0.4) is 0 Å². The largest absolute Gasteiger partial charge is 0.323 e. The van der Waals surface area contributed by atoms with E-state index in [1.54, 1.807) is 43.3 Å². The minimum Gasteiger partial charge on any atom is -0.308 e. The Kier molecular flexibility index (Phi) is 4.02. The third-order valence-corrected chi connectivity index (χ3v) is 2.75. The molecule has 0 aliphatic carbocycles. The normalized spacial score (nSPS) is 10.1. The Bertz CT molecular complexity index is 616. The van der Waals surface area contributed by atoms with Gasteiger partial charge in [0.2, 0.25) is 0 Å². The van der Waals surface area contributed by atoms with Crippen molar-refractivity contribution < 1.29 is 9.18 Å². The van der Waals surface area contributed by atoms with Gasteiger partial charge in [0.15, 0.2) is 0 Å². The number of anilines is 2. The van der Waals surface area contributed by atoms with E-state index in [4.69, 9.17) is 11.6 Å². The first kappa shape index (κ1) is 13.4. The van der Waals surface area contributed by atoms with Gasteiger partial charge < -0.3 is 10.6 Å². The first-order chi connectivity index (χ1) is 9.04. The first-order valence-electron chi connectivity index (χ1n) is 5.64. The maximum Gasteiger partial charge on any atom is 0.323 e. The fraction of sp³-hybridized carbons (Fsp3) is 0.0714. The zero-order chi connectivity index (χ0) is 13.8. The molecule has 2 aromatic carbocycles. The van der Waals surface area contributed by atoms with E-state index in [1.165, 1.54) is 6.07 Å². The van der Waals surface area contributed by atoms with Crippen LogP contribution in [0, 0.1) is 12.7 Å². The SMILES string of the molecule is Cc1ccc(NC(=O)Nc2cccc(Cl)c2)cc1F. The van der Waals surface area contributed by atoms with Crippen molar-refractivity contribution in [2.45, 2.75) is 6.92 Å². The van der Waals surface area contributed by atoms with Gasteiger partial charge in [-0.2, -0.15) is 0 Å².